The molecular weight excluding hydrogens is 360 g/mol. The molecule has 0 bridgehead atoms. The van der Waals surface area contributed by atoms with E-state index >= 15 is 0 Å². The van der Waals surface area contributed by atoms with Crippen molar-refractivity contribution in [3.05, 3.63) is 42.5 Å². The Kier molecular flexibility index (Phi) is 6.03. The molecule has 3 rings (SSSR count). The van der Waals surface area contributed by atoms with Crippen molar-refractivity contribution in [2.24, 2.45) is 0 Å². The lowest BCUT2D eigenvalue weighted by Gasteiger charge is -2.21. The highest BCUT2D eigenvalue weighted by Gasteiger charge is 2.16. The van der Waals surface area contributed by atoms with Crippen molar-refractivity contribution in [2.75, 3.05) is 23.6 Å². The molecule has 0 radical (unpaired) electrons. The summed E-state index contributed by atoms with van der Waals surface area (Å²) in [5.74, 6) is 1.68. The molecule has 2 aromatic carbocycles. The maximum Gasteiger partial charge on any atom is 0.231 e. The Labute approximate surface area is 164 Å². The quantitative estimate of drug-likeness (QED) is 0.789. The van der Waals surface area contributed by atoms with E-state index in [0.29, 0.717) is 17.2 Å². The number of fused-ring (bicyclic) bond motifs is 1. The average Bonchev–Trinajstić information content (AvgIpc) is 3.10. The van der Waals surface area contributed by atoms with E-state index < -0.39 is 0 Å². The van der Waals surface area contributed by atoms with E-state index in [2.05, 4.69) is 5.32 Å². The minimum atomic E-state index is -0.190. The lowest BCUT2D eigenvalue weighted by atomic mass is 10.2. The number of amides is 2. The third kappa shape index (κ3) is 4.94. The monoisotopic (exact) mass is 384 g/mol. The van der Waals surface area contributed by atoms with Gasteiger partial charge in [0, 0.05) is 37.3 Å². The van der Waals surface area contributed by atoms with Crippen LogP contribution in [0.3, 0.4) is 0 Å². The van der Waals surface area contributed by atoms with Crippen LogP contribution in [0.4, 0.5) is 11.4 Å². The highest BCUT2D eigenvalue weighted by atomic mass is 16.7. The Morgan fingerprint density at radius 2 is 1.82 bits per heavy atom. The van der Waals surface area contributed by atoms with Crippen LogP contribution in [0.15, 0.2) is 42.5 Å². The van der Waals surface area contributed by atoms with Gasteiger partial charge in [-0.2, -0.15) is 0 Å². The van der Waals surface area contributed by atoms with Crippen molar-refractivity contribution in [1.29, 1.82) is 0 Å². The SMILES string of the molecule is CC(=O)N(CCC(=O)Nc1ccc2c(c1)OCO2)c1ccc(OC(C)C)cc1. The number of carbonyl (C=O) groups excluding carboxylic acids is 2. The highest BCUT2D eigenvalue weighted by Crippen LogP contribution is 2.34. The van der Waals surface area contributed by atoms with Gasteiger partial charge in [-0.05, 0) is 50.2 Å². The molecule has 1 N–H and O–H groups in total. The van der Waals surface area contributed by atoms with E-state index in [0.717, 1.165) is 11.4 Å². The van der Waals surface area contributed by atoms with Crippen molar-refractivity contribution in [1.82, 2.24) is 0 Å². The Morgan fingerprint density at radius 1 is 1.11 bits per heavy atom. The number of hydrogen-bond acceptors (Lipinski definition) is 5. The fraction of sp³-hybridized carbons (Fsp3) is 0.333. The van der Waals surface area contributed by atoms with Crippen LogP contribution < -0.4 is 24.4 Å². The minimum absolute atomic E-state index is 0.0784. The Bertz CT molecular complexity index is 848. The van der Waals surface area contributed by atoms with Crippen LogP contribution in [0.5, 0.6) is 17.2 Å². The summed E-state index contributed by atoms with van der Waals surface area (Å²) < 4.78 is 16.2. The van der Waals surface area contributed by atoms with E-state index in [4.69, 9.17) is 14.2 Å². The van der Waals surface area contributed by atoms with Gasteiger partial charge in [-0.15, -0.1) is 0 Å². The zero-order valence-electron chi connectivity index (χ0n) is 16.2. The molecule has 0 saturated heterocycles. The molecular formula is C21H24N2O5. The fourth-order valence-electron chi connectivity index (χ4n) is 2.86. The number of benzene rings is 2. The van der Waals surface area contributed by atoms with Gasteiger partial charge in [-0.3, -0.25) is 9.59 Å². The first-order valence-corrected chi connectivity index (χ1v) is 9.16. The largest absolute Gasteiger partial charge is 0.491 e. The molecule has 0 aromatic heterocycles. The van der Waals surface area contributed by atoms with Gasteiger partial charge < -0.3 is 24.4 Å². The first-order chi connectivity index (χ1) is 13.4. The number of nitrogens with zero attached hydrogens (tertiary/aromatic N) is 1. The topological polar surface area (TPSA) is 77.1 Å². The Morgan fingerprint density at radius 3 is 2.50 bits per heavy atom. The van der Waals surface area contributed by atoms with Crippen molar-refractivity contribution in [3.8, 4) is 17.2 Å². The summed E-state index contributed by atoms with van der Waals surface area (Å²) in [4.78, 5) is 25.9. The predicted molar refractivity (Wildman–Crippen MR) is 106 cm³/mol. The molecule has 7 heteroatoms. The first kappa shape index (κ1) is 19.5. The van der Waals surface area contributed by atoms with Crippen LogP contribution in [0.1, 0.15) is 27.2 Å². The number of anilines is 2. The van der Waals surface area contributed by atoms with E-state index in [1.165, 1.54) is 6.92 Å². The summed E-state index contributed by atoms with van der Waals surface area (Å²) in [5, 5.41) is 2.82. The zero-order valence-corrected chi connectivity index (χ0v) is 16.2. The van der Waals surface area contributed by atoms with Crippen molar-refractivity contribution in [3.63, 3.8) is 0 Å². The van der Waals surface area contributed by atoms with Gasteiger partial charge in [0.1, 0.15) is 5.75 Å². The Hall–Kier alpha value is -3.22. The van der Waals surface area contributed by atoms with Gasteiger partial charge in [0.15, 0.2) is 11.5 Å². The summed E-state index contributed by atoms with van der Waals surface area (Å²) in [6, 6.07) is 12.5. The van der Waals surface area contributed by atoms with Crippen LogP contribution >= 0.6 is 0 Å². The van der Waals surface area contributed by atoms with Crippen LogP contribution in [-0.2, 0) is 9.59 Å². The number of ether oxygens (including phenoxy) is 3. The van der Waals surface area contributed by atoms with Crippen LogP contribution in [-0.4, -0.2) is 31.3 Å². The number of hydrogen-bond donors (Lipinski definition) is 1. The maximum absolute atomic E-state index is 12.3. The van der Waals surface area contributed by atoms with Crippen LogP contribution in [0.2, 0.25) is 0 Å². The number of nitrogens with one attached hydrogen (secondary N) is 1. The number of rotatable bonds is 7. The van der Waals surface area contributed by atoms with Crippen LogP contribution in [0.25, 0.3) is 0 Å². The van der Waals surface area contributed by atoms with Gasteiger partial charge in [0.25, 0.3) is 0 Å². The summed E-state index contributed by atoms with van der Waals surface area (Å²) >= 11 is 0. The molecule has 0 atom stereocenters. The second-order valence-electron chi connectivity index (χ2n) is 6.70. The summed E-state index contributed by atoms with van der Waals surface area (Å²) in [6.45, 7) is 5.84. The molecule has 0 fully saturated rings. The summed E-state index contributed by atoms with van der Waals surface area (Å²) in [6.07, 6.45) is 0.243. The molecule has 0 spiro atoms. The van der Waals surface area contributed by atoms with Gasteiger partial charge in [0.05, 0.1) is 6.10 Å². The second kappa shape index (κ2) is 8.65. The average molecular weight is 384 g/mol. The van der Waals surface area contributed by atoms with Gasteiger partial charge >= 0.3 is 0 Å². The standard InChI is InChI=1S/C21H24N2O5/c1-14(2)28-18-7-5-17(6-8-18)23(15(3)24)11-10-21(25)22-16-4-9-19-20(12-16)27-13-26-19/h4-9,12,14H,10-11,13H2,1-3H3,(H,22,25). The maximum atomic E-state index is 12.3. The minimum Gasteiger partial charge on any atom is -0.491 e. The summed E-state index contributed by atoms with van der Waals surface area (Å²) in [7, 11) is 0. The molecule has 0 aliphatic carbocycles. The second-order valence-corrected chi connectivity index (χ2v) is 6.70. The molecule has 1 heterocycles. The van der Waals surface area contributed by atoms with E-state index in [-0.39, 0.29) is 37.7 Å². The third-order valence-electron chi connectivity index (χ3n) is 4.12. The van der Waals surface area contributed by atoms with Gasteiger partial charge in [-0.1, -0.05) is 0 Å². The van der Waals surface area contributed by atoms with E-state index in [1.807, 2.05) is 38.1 Å². The van der Waals surface area contributed by atoms with Gasteiger partial charge in [-0.25, -0.2) is 0 Å². The fourth-order valence-corrected chi connectivity index (χ4v) is 2.86. The van der Waals surface area contributed by atoms with Crippen molar-refractivity contribution >= 4 is 23.2 Å². The van der Waals surface area contributed by atoms with Crippen molar-refractivity contribution in [2.45, 2.75) is 33.3 Å². The zero-order chi connectivity index (χ0) is 20.1. The Balaban J connectivity index is 1.58. The molecule has 2 amide bonds. The smallest absolute Gasteiger partial charge is 0.231 e. The highest BCUT2D eigenvalue weighted by molar-refractivity contribution is 5.95. The lowest BCUT2D eigenvalue weighted by Crippen LogP contribution is -2.31. The number of carbonyl (C=O) groups is 2. The molecule has 2 aromatic rings. The lowest BCUT2D eigenvalue weighted by molar-refractivity contribution is -0.117. The molecule has 0 unspecified atom stereocenters. The molecule has 7 nitrogen and oxygen atoms in total. The molecule has 0 saturated carbocycles. The molecule has 28 heavy (non-hydrogen) atoms. The summed E-state index contributed by atoms with van der Waals surface area (Å²) in [5.41, 5.74) is 1.35. The molecule has 1 aliphatic heterocycles. The third-order valence-corrected chi connectivity index (χ3v) is 4.12. The van der Waals surface area contributed by atoms with Crippen molar-refractivity contribution < 1.29 is 23.8 Å². The van der Waals surface area contributed by atoms with E-state index in [1.54, 1.807) is 23.1 Å². The first-order valence-electron chi connectivity index (χ1n) is 9.16. The molecule has 1 aliphatic rings. The predicted octanol–water partition coefficient (Wildman–Crippen LogP) is 3.58. The van der Waals surface area contributed by atoms with Gasteiger partial charge in [0.2, 0.25) is 18.6 Å². The molecule has 148 valence electrons. The normalized spacial score (nSPS) is 12.0. The van der Waals surface area contributed by atoms with Crippen LogP contribution in [0, 0.1) is 0 Å². The van der Waals surface area contributed by atoms with E-state index in [9.17, 15) is 9.59 Å².